The Bertz CT molecular complexity index is 759. The Morgan fingerprint density at radius 2 is 2.00 bits per heavy atom. The Hall–Kier alpha value is -3.22. The normalized spacial score (nSPS) is 12.2. The van der Waals surface area contributed by atoms with Crippen molar-refractivity contribution in [1.82, 2.24) is 5.43 Å². The molecule has 7 heteroatoms. The van der Waals surface area contributed by atoms with Gasteiger partial charge in [-0.15, -0.1) is 0 Å². The Morgan fingerprint density at radius 1 is 1.20 bits per heavy atom. The predicted octanol–water partition coefficient (Wildman–Crippen LogP) is 2.38. The van der Waals surface area contributed by atoms with Crippen LogP contribution in [0.25, 0.3) is 0 Å². The van der Waals surface area contributed by atoms with Crippen molar-refractivity contribution in [3.8, 4) is 17.2 Å². The number of nitrogens with one attached hydrogen (secondary N) is 2. The smallest absolute Gasteiger partial charge is 0.259 e. The van der Waals surface area contributed by atoms with Gasteiger partial charge in [0.2, 0.25) is 6.79 Å². The van der Waals surface area contributed by atoms with E-state index in [2.05, 4.69) is 15.8 Å². The van der Waals surface area contributed by atoms with Gasteiger partial charge in [-0.3, -0.25) is 4.79 Å². The molecular formula is C18H19N3O4. The molecule has 3 rings (SSSR count). The molecule has 0 atom stereocenters. The lowest BCUT2D eigenvalue weighted by atomic mass is 10.2. The molecule has 0 radical (unpaired) electrons. The van der Waals surface area contributed by atoms with Crippen LogP contribution in [0.15, 0.2) is 47.6 Å². The second-order valence-electron chi connectivity index (χ2n) is 5.22. The van der Waals surface area contributed by atoms with Crippen molar-refractivity contribution < 1.29 is 19.0 Å². The maximum Gasteiger partial charge on any atom is 0.259 e. The van der Waals surface area contributed by atoms with Crippen molar-refractivity contribution >= 4 is 17.8 Å². The van der Waals surface area contributed by atoms with E-state index in [1.807, 2.05) is 37.3 Å². The number of anilines is 1. The van der Waals surface area contributed by atoms with Crippen LogP contribution in [0, 0.1) is 0 Å². The fraction of sp³-hybridized carbons (Fsp3) is 0.222. The zero-order valence-corrected chi connectivity index (χ0v) is 13.8. The van der Waals surface area contributed by atoms with Gasteiger partial charge in [0.15, 0.2) is 11.5 Å². The van der Waals surface area contributed by atoms with Crippen LogP contribution >= 0.6 is 0 Å². The first kappa shape index (κ1) is 16.6. The first-order chi connectivity index (χ1) is 12.2. The van der Waals surface area contributed by atoms with Gasteiger partial charge in [-0.25, -0.2) is 5.43 Å². The van der Waals surface area contributed by atoms with Gasteiger partial charge >= 0.3 is 0 Å². The minimum Gasteiger partial charge on any atom is -0.494 e. The zero-order chi connectivity index (χ0) is 17.5. The van der Waals surface area contributed by atoms with Gasteiger partial charge in [0, 0.05) is 5.69 Å². The highest BCUT2D eigenvalue weighted by Crippen LogP contribution is 2.31. The van der Waals surface area contributed by atoms with Crippen molar-refractivity contribution in [3.05, 3.63) is 48.0 Å². The number of benzene rings is 2. The Balaban J connectivity index is 1.44. The summed E-state index contributed by atoms with van der Waals surface area (Å²) in [6, 6.07) is 12.8. The monoisotopic (exact) mass is 341 g/mol. The number of ether oxygens (including phenoxy) is 3. The molecule has 1 aliphatic rings. The SMILES string of the molecule is CCOc1ccc(NCC(=O)N/N=C/c2ccc3c(c2)OCO3)cc1. The third-order valence-corrected chi connectivity index (χ3v) is 3.42. The lowest BCUT2D eigenvalue weighted by molar-refractivity contribution is -0.119. The van der Waals surface area contributed by atoms with Gasteiger partial charge in [-0.1, -0.05) is 0 Å². The topological polar surface area (TPSA) is 81.2 Å². The number of nitrogens with zero attached hydrogens (tertiary/aromatic N) is 1. The number of carbonyl (C=O) groups excluding carboxylic acids is 1. The lowest BCUT2D eigenvalue weighted by Gasteiger charge is -2.07. The van der Waals surface area contributed by atoms with E-state index in [0.717, 1.165) is 17.0 Å². The van der Waals surface area contributed by atoms with Crippen LogP contribution in [-0.2, 0) is 4.79 Å². The van der Waals surface area contributed by atoms with Crippen molar-refractivity contribution in [3.63, 3.8) is 0 Å². The van der Waals surface area contributed by atoms with E-state index in [9.17, 15) is 4.79 Å². The second-order valence-corrected chi connectivity index (χ2v) is 5.22. The van der Waals surface area contributed by atoms with Gasteiger partial charge in [0.05, 0.1) is 19.4 Å². The highest BCUT2D eigenvalue weighted by Gasteiger charge is 2.12. The van der Waals surface area contributed by atoms with Gasteiger partial charge in [0.1, 0.15) is 5.75 Å². The van der Waals surface area contributed by atoms with E-state index < -0.39 is 0 Å². The minimum absolute atomic E-state index is 0.118. The van der Waals surface area contributed by atoms with E-state index in [0.29, 0.717) is 18.1 Å². The molecule has 1 aliphatic heterocycles. The first-order valence-corrected chi connectivity index (χ1v) is 7.93. The Morgan fingerprint density at radius 3 is 2.80 bits per heavy atom. The summed E-state index contributed by atoms with van der Waals surface area (Å²) in [4.78, 5) is 11.8. The minimum atomic E-state index is -0.245. The molecule has 0 saturated carbocycles. The van der Waals surface area contributed by atoms with Crippen LogP contribution in [0.2, 0.25) is 0 Å². The van der Waals surface area contributed by atoms with E-state index in [4.69, 9.17) is 14.2 Å². The molecule has 0 fully saturated rings. The molecule has 1 amide bonds. The Kier molecular flexibility index (Phi) is 5.36. The van der Waals surface area contributed by atoms with E-state index in [1.54, 1.807) is 18.3 Å². The summed E-state index contributed by atoms with van der Waals surface area (Å²) >= 11 is 0. The van der Waals surface area contributed by atoms with Crippen molar-refractivity contribution in [2.24, 2.45) is 5.10 Å². The fourth-order valence-electron chi connectivity index (χ4n) is 2.23. The van der Waals surface area contributed by atoms with Gasteiger partial charge in [-0.2, -0.15) is 5.10 Å². The molecule has 0 aliphatic carbocycles. The number of rotatable bonds is 7. The summed E-state index contributed by atoms with van der Waals surface area (Å²) in [7, 11) is 0. The quantitative estimate of drug-likeness (QED) is 0.597. The molecule has 0 unspecified atom stereocenters. The van der Waals surface area contributed by atoms with Gasteiger partial charge in [-0.05, 0) is 55.0 Å². The summed E-state index contributed by atoms with van der Waals surface area (Å²) in [5, 5.41) is 6.96. The summed E-state index contributed by atoms with van der Waals surface area (Å²) < 4.78 is 15.9. The molecule has 25 heavy (non-hydrogen) atoms. The summed E-state index contributed by atoms with van der Waals surface area (Å²) in [6.45, 7) is 2.90. The standard InChI is InChI=1S/C18H19N3O4/c1-2-23-15-6-4-14(5-7-15)19-11-18(22)21-20-10-13-3-8-16-17(9-13)25-12-24-16/h3-10,19H,2,11-12H2,1H3,(H,21,22)/b20-10+. The van der Waals surface area contributed by atoms with E-state index >= 15 is 0 Å². The maximum atomic E-state index is 11.8. The molecule has 0 saturated heterocycles. The third kappa shape index (κ3) is 4.63. The average molecular weight is 341 g/mol. The number of carbonyl (C=O) groups is 1. The summed E-state index contributed by atoms with van der Waals surface area (Å²) in [5.74, 6) is 1.94. The molecule has 7 nitrogen and oxygen atoms in total. The highest BCUT2D eigenvalue weighted by molar-refractivity contribution is 5.84. The molecule has 1 heterocycles. The van der Waals surface area contributed by atoms with Crippen molar-refractivity contribution in [2.45, 2.75) is 6.92 Å². The van der Waals surface area contributed by atoms with E-state index in [1.165, 1.54) is 0 Å². The van der Waals surface area contributed by atoms with Crippen LogP contribution in [0.5, 0.6) is 17.2 Å². The largest absolute Gasteiger partial charge is 0.494 e. The molecule has 0 bridgehead atoms. The third-order valence-electron chi connectivity index (χ3n) is 3.42. The number of hydrazone groups is 1. The molecule has 0 aromatic heterocycles. The molecule has 130 valence electrons. The molecule has 0 spiro atoms. The van der Waals surface area contributed by atoms with Crippen LogP contribution in [0.3, 0.4) is 0 Å². The maximum absolute atomic E-state index is 11.8. The van der Waals surface area contributed by atoms with Gasteiger partial charge < -0.3 is 19.5 Å². The van der Waals surface area contributed by atoms with Gasteiger partial charge in [0.25, 0.3) is 5.91 Å². The highest BCUT2D eigenvalue weighted by atomic mass is 16.7. The van der Waals surface area contributed by atoms with E-state index in [-0.39, 0.29) is 19.2 Å². The zero-order valence-electron chi connectivity index (χ0n) is 13.8. The molecule has 2 aromatic carbocycles. The summed E-state index contributed by atoms with van der Waals surface area (Å²) in [5.41, 5.74) is 4.11. The number of hydrogen-bond donors (Lipinski definition) is 2. The molecule has 2 aromatic rings. The molecule has 2 N–H and O–H groups in total. The van der Waals surface area contributed by atoms with Crippen LogP contribution < -0.4 is 25.0 Å². The lowest BCUT2D eigenvalue weighted by Crippen LogP contribution is -2.25. The number of amides is 1. The number of fused-ring (bicyclic) bond motifs is 1. The fourth-order valence-corrected chi connectivity index (χ4v) is 2.23. The predicted molar refractivity (Wildman–Crippen MR) is 94.4 cm³/mol. The van der Waals surface area contributed by atoms with Crippen molar-refractivity contribution in [2.75, 3.05) is 25.3 Å². The van der Waals surface area contributed by atoms with Crippen LogP contribution in [0.4, 0.5) is 5.69 Å². The average Bonchev–Trinajstić information content (AvgIpc) is 3.09. The Labute approximate surface area is 145 Å². The number of hydrogen-bond acceptors (Lipinski definition) is 6. The van der Waals surface area contributed by atoms with Crippen molar-refractivity contribution in [1.29, 1.82) is 0 Å². The summed E-state index contributed by atoms with van der Waals surface area (Å²) in [6.07, 6.45) is 1.55. The molecular weight excluding hydrogens is 322 g/mol. The van der Waals surface area contributed by atoms with Crippen LogP contribution in [0.1, 0.15) is 12.5 Å². The second kappa shape index (κ2) is 8.05. The first-order valence-electron chi connectivity index (χ1n) is 7.93. The van der Waals surface area contributed by atoms with Crippen LogP contribution in [-0.4, -0.2) is 32.1 Å².